The Morgan fingerprint density at radius 3 is 2.59 bits per heavy atom. The topological polar surface area (TPSA) is 50.2 Å². The van der Waals surface area contributed by atoms with Crippen LogP contribution in [-0.2, 0) is 11.3 Å². The van der Waals surface area contributed by atoms with Gasteiger partial charge in [0.1, 0.15) is 6.04 Å². The van der Waals surface area contributed by atoms with Gasteiger partial charge in [-0.15, -0.1) is 0 Å². The Balaban J connectivity index is 2.58. The van der Waals surface area contributed by atoms with E-state index in [0.717, 1.165) is 25.3 Å². The van der Waals surface area contributed by atoms with Gasteiger partial charge in [0.05, 0.1) is 11.9 Å². The summed E-state index contributed by atoms with van der Waals surface area (Å²) in [5, 5.41) is 7.33. The molecule has 0 saturated carbocycles. The highest BCUT2D eigenvalue weighted by atomic mass is 16.2. The average molecular weight is 238 g/mol. The van der Waals surface area contributed by atoms with Crippen molar-refractivity contribution >= 4 is 11.6 Å². The van der Waals surface area contributed by atoms with Gasteiger partial charge in [0.25, 0.3) is 0 Å². The standard InChI is InChI=1S/C12H22N4O/c1-5-15(6-2)12(17)10(4)14-11-8-13-16(7-3)9-11/h8-10,14H,5-7H2,1-4H3/t10-/m1/s1. The van der Waals surface area contributed by atoms with Crippen molar-refractivity contribution in [2.75, 3.05) is 18.4 Å². The molecule has 0 aromatic carbocycles. The molecular weight excluding hydrogens is 216 g/mol. The molecule has 1 atom stereocenters. The largest absolute Gasteiger partial charge is 0.371 e. The van der Waals surface area contributed by atoms with Crippen molar-refractivity contribution in [3.63, 3.8) is 0 Å². The Kier molecular flexibility index (Phi) is 5.00. The van der Waals surface area contributed by atoms with Crippen LogP contribution in [0.15, 0.2) is 12.4 Å². The molecule has 0 fully saturated rings. The fourth-order valence-electron chi connectivity index (χ4n) is 1.73. The Morgan fingerprint density at radius 1 is 1.47 bits per heavy atom. The monoisotopic (exact) mass is 238 g/mol. The van der Waals surface area contributed by atoms with Crippen LogP contribution in [0.25, 0.3) is 0 Å². The second kappa shape index (κ2) is 6.27. The molecule has 0 saturated heterocycles. The van der Waals surface area contributed by atoms with Crippen molar-refractivity contribution in [2.24, 2.45) is 0 Å². The summed E-state index contributed by atoms with van der Waals surface area (Å²) < 4.78 is 1.83. The zero-order valence-electron chi connectivity index (χ0n) is 11.1. The van der Waals surface area contributed by atoms with Crippen LogP contribution in [0, 0.1) is 0 Å². The first kappa shape index (κ1) is 13.5. The maximum Gasteiger partial charge on any atom is 0.244 e. The minimum Gasteiger partial charge on any atom is -0.371 e. The Morgan fingerprint density at radius 2 is 2.12 bits per heavy atom. The lowest BCUT2D eigenvalue weighted by Crippen LogP contribution is -2.41. The molecule has 96 valence electrons. The molecule has 17 heavy (non-hydrogen) atoms. The number of carbonyl (C=O) groups is 1. The van der Waals surface area contributed by atoms with Crippen molar-refractivity contribution in [2.45, 2.75) is 40.3 Å². The quantitative estimate of drug-likeness (QED) is 0.818. The highest BCUT2D eigenvalue weighted by molar-refractivity contribution is 5.84. The van der Waals surface area contributed by atoms with E-state index in [4.69, 9.17) is 0 Å². The zero-order chi connectivity index (χ0) is 12.8. The fraction of sp³-hybridized carbons (Fsp3) is 0.667. The van der Waals surface area contributed by atoms with Crippen LogP contribution in [0.4, 0.5) is 5.69 Å². The van der Waals surface area contributed by atoms with Gasteiger partial charge >= 0.3 is 0 Å². The second-order valence-corrected chi connectivity index (χ2v) is 3.96. The van der Waals surface area contributed by atoms with E-state index in [2.05, 4.69) is 10.4 Å². The Bertz CT molecular complexity index is 357. The average Bonchev–Trinajstić information content (AvgIpc) is 2.78. The van der Waals surface area contributed by atoms with E-state index in [9.17, 15) is 4.79 Å². The number of rotatable bonds is 6. The first-order valence-corrected chi connectivity index (χ1v) is 6.20. The van der Waals surface area contributed by atoms with Crippen LogP contribution < -0.4 is 5.32 Å². The van der Waals surface area contributed by atoms with E-state index in [1.54, 1.807) is 6.20 Å². The molecule has 5 heteroatoms. The molecule has 0 aliphatic heterocycles. The molecule has 1 aromatic heterocycles. The molecule has 1 rings (SSSR count). The van der Waals surface area contributed by atoms with Gasteiger partial charge < -0.3 is 10.2 Å². The number of anilines is 1. The number of nitrogens with one attached hydrogen (secondary N) is 1. The Labute approximate surface area is 103 Å². The molecule has 0 unspecified atom stereocenters. The van der Waals surface area contributed by atoms with Crippen LogP contribution in [-0.4, -0.2) is 39.7 Å². The molecule has 0 bridgehead atoms. The fourth-order valence-corrected chi connectivity index (χ4v) is 1.73. The van der Waals surface area contributed by atoms with Gasteiger partial charge in [0.2, 0.25) is 5.91 Å². The van der Waals surface area contributed by atoms with Crippen molar-refractivity contribution < 1.29 is 4.79 Å². The molecule has 1 heterocycles. The van der Waals surface area contributed by atoms with Gasteiger partial charge in [0, 0.05) is 25.8 Å². The number of amides is 1. The molecule has 0 aliphatic carbocycles. The second-order valence-electron chi connectivity index (χ2n) is 3.96. The molecule has 1 N–H and O–H groups in total. The van der Waals surface area contributed by atoms with Crippen LogP contribution in [0.3, 0.4) is 0 Å². The molecule has 1 amide bonds. The lowest BCUT2D eigenvalue weighted by molar-refractivity contribution is -0.131. The predicted molar refractivity (Wildman–Crippen MR) is 68.9 cm³/mol. The minimum atomic E-state index is -0.218. The third-order valence-corrected chi connectivity index (χ3v) is 2.79. The van der Waals surface area contributed by atoms with E-state index in [1.165, 1.54) is 0 Å². The first-order valence-electron chi connectivity index (χ1n) is 6.20. The van der Waals surface area contributed by atoms with Crippen LogP contribution >= 0.6 is 0 Å². The van der Waals surface area contributed by atoms with Crippen molar-refractivity contribution in [1.29, 1.82) is 0 Å². The van der Waals surface area contributed by atoms with E-state index in [-0.39, 0.29) is 11.9 Å². The zero-order valence-corrected chi connectivity index (χ0v) is 11.1. The van der Waals surface area contributed by atoms with Crippen molar-refractivity contribution in [3.05, 3.63) is 12.4 Å². The molecule has 5 nitrogen and oxygen atoms in total. The summed E-state index contributed by atoms with van der Waals surface area (Å²) in [5.41, 5.74) is 0.889. The third kappa shape index (κ3) is 3.47. The van der Waals surface area contributed by atoms with Crippen LogP contribution in [0.2, 0.25) is 0 Å². The van der Waals surface area contributed by atoms with Gasteiger partial charge in [-0.05, 0) is 27.7 Å². The lowest BCUT2D eigenvalue weighted by atomic mass is 10.2. The molecule has 1 aromatic rings. The highest BCUT2D eigenvalue weighted by Gasteiger charge is 2.18. The molecular formula is C12H22N4O. The smallest absolute Gasteiger partial charge is 0.244 e. The van der Waals surface area contributed by atoms with Gasteiger partial charge in [-0.1, -0.05) is 0 Å². The normalized spacial score (nSPS) is 12.2. The molecule has 0 spiro atoms. The van der Waals surface area contributed by atoms with Gasteiger partial charge in [0.15, 0.2) is 0 Å². The van der Waals surface area contributed by atoms with E-state index >= 15 is 0 Å². The molecule has 0 radical (unpaired) electrons. The Hall–Kier alpha value is -1.52. The van der Waals surface area contributed by atoms with Gasteiger partial charge in [-0.2, -0.15) is 5.10 Å². The van der Waals surface area contributed by atoms with Crippen LogP contribution in [0.1, 0.15) is 27.7 Å². The lowest BCUT2D eigenvalue weighted by Gasteiger charge is -2.23. The number of aromatic nitrogens is 2. The SMILES string of the molecule is CCN(CC)C(=O)[C@@H](C)Nc1cnn(CC)c1. The summed E-state index contributed by atoms with van der Waals surface area (Å²) >= 11 is 0. The number of nitrogens with zero attached hydrogens (tertiary/aromatic N) is 3. The highest BCUT2D eigenvalue weighted by Crippen LogP contribution is 2.08. The summed E-state index contributed by atoms with van der Waals surface area (Å²) in [7, 11) is 0. The summed E-state index contributed by atoms with van der Waals surface area (Å²) in [6.07, 6.45) is 3.65. The van der Waals surface area contributed by atoms with Crippen LogP contribution in [0.5, 0.6) is 0 Å². The third-order valence-electron chi connectivity index (χ3n) is 2.79. The minimum absolute atomic E-state index is 0.124. The summed E-state index contributed by atoms with van der Waals surface area (Å²) in [6, 6.07) is -0.218. The maximum atomic E-state index is 12.0. The molecule has 0 aliphatic rings. The number of hydrogen-bond donors (Lipinski definition) is 1. The number of hydrogen-bond acceptors (Lipinski definition) is 3. The summed E-state index contributed by atoms with van der Waals surface area (Å²) in [6.45, 7) is 10.2. The maximum absolute atomic E-state index is 12.0. The predicted octanol–water partition coefficient (Wildman–Crippen LogP) is 1.57. The van der Waals surface area contributed by atoms with Gasteiger partial charge in [-0.25, -0.2) is 0 Å². The number of aryl methyl sites for hydroxylation is 1. The summed E-state index contributed by atoms with van der Waals surface area (Å²) in [5.74, 6) is 0.124. The van der Waals surface area contributed by atoms with E-state index in [0.29, 0.717) is 0 Å². The van der Waals surface area contributed by atoms with E-state index < -0.39 is 0 Å². The number of likely N-dealkylation sites (N-methyl/N-ethyl adjacent to an activating group) is 1. The van der Waals surface area contributed by atoms with Crippen molar-refractivity contribution in [3.8, 4) is 0 Å². The van der Waals surface area contributed by atoms with Gasteiger partial charge in [-0.3, -0.25) is 9.48 Å². The first-order chi connectivity index (χ1) is 8.12. The van der Waals surface area contributed by atoms with E-state index in [1.807, 2.05) is 43.5 Å². The summed E-state index contributed by atoms with van der Waals surface area (Å²) in [4.78, 5) is 13.8. The van der Waals surface area contributed by atoms with Crippen molar-refractivity contribution in [1.82, 2.24) is 14.7 Å². The number of carbonyl (C=O) groups excluding carboxylic acids is 1.